The topological polar surface area (TPSA) is 119 Å². The normalized spacial score (nSPS) is 13.4. The smallest absolute Gasteiger partial charge is 0.306 e. The molecule has 0 spiro atoms. The van der Waals surface area contributed by atoms with Crippen molar-refractivity contribution < 1.29 is 19.0 Å². The van der Waals surface area contributed by atoms with Gasteiger partial charge in [0.15, 0.2) is 0 Å². The van der Waals surface area contributed by atoms with Gasteiger partial charge in [-0.25, -0.2) is 0 Å². The van der Waals surface area contributed by atoms with E-state index < -0.39 is 27.3 Å². The SMILES string of the molecule is O=C(Nc1ccc(F)c([N+](=O)[O-])c1)c1ccc(N2CCCC2)c([N+](=O)[O-])c1. The molecule has 0 atom stereocenters. The van der Waals surface area contributed by atoms with Crippen LogP contribution >= 0.6 is 0 Å². The lowest BCUT2D eigenvalue weighted by Crippen LogP contribution is -2.19. The first-order valence-corrected chi connectivity index (χ1v) is 8.15. The molecule has 2 aromatic rings. The first-order chi connectivity index (χ1) is 12.9. The van der Waals surface area contributed by atoms with Crippen LogP contribution in [0.2, 0.25) is 0 Å². The minimum atomic E-state index is -1.02. The van der Waals surface area contributed by atoms with Crippen molar-refractivity contribution in [3.8, 4) is 0 Å². The quantitative estimate of drug-likeness (QED) is 0.632. The van der Waals surface area contributed by atoms with E-state index in [1.165, 1.54) is 24.3 Å². The van der Waals surface area contributed by atoms with Crippen LogP contribution in [0.1, 0.15) is 23.2 Å². The van der Waals surface area contributed by atoms with Crippen LogP contribution in [0.5, 0.6) is 0 Å². The molecule has 1 N–H and O–H groups in total. The molecule has 9 nitrogen and oxygen atoms in total. The summed E-state index contributed by atoms with van der Waals surface area (Å²) in [7, 11) is 0. The number of carbonyl (C=O) groups excluding carboxylic acids is 1. The van der Waals surface area contributed by atoms with Gasteiger partial charge in [-0.05, 0) is 37.1 Å². The zero-order chi connectivity index (χ0) is 19.6. The number of nitro groups is 2. The minimum Gasteiger partial charge on any atom is -0.366 e. The third-order valence-corrected chi connectivity index (χ3v) is 4.28. The predicted molar refractivity (Wildman–Crippen MR) is 95.6 cm³/mol. The van der Waals surface area contributed by atoms with E-state index in [4.69, 9.17) is 0 Å². The molecule has 1 fully saturated rings. The molecular weight excluding hydrogens is 359 g/mol. The Hall–Kier alpha value is -3.56. The van der Waals surface area contributed by atoms with Crippen molar-refractivity contribution in [3.63, 3.8) is 0 Å². The second-order valence-electron chi connectivity index (χ2n) is 6.03. The molecule has 140 valence electrons. The predicted octanol–water partition coefficient (Wildman–Crippen LogP) is 3.49. The summed E-state index contributed by atoms with van der Waals surface area (Å²) in [4.78, 5) is 35.0. The number of hydrogen-bond acceptors (Lipinski definition) is 6. The zero-order valence-electron chi connectivity index (χ0n) is 14.1. The van der Waals surface area contributed by atoms with Gasteiger partial charge in [0.25, 0.3) is 11.6 Å². The highest BCUT2D eigenvalue weighted by Gasteiger charge is 2.24. The summed E-state index contributed by atoms with van der Waals surface area (Å²) < 4.78 is 13.4. The van der Waals surface area contributed by atoms with Crippen LogP contribution in [-0.4, -0.2) is 28.8 Å². The van der Waals surface area contributed by atoms with E-state index in [0.29, 0.717) is 18.8 Å². The summed E-state index contributed by atoms with van der Waals surface area (Å²) in [5.41, 5.74) is -0.472. The maximum Gasteiger partial charge on any atom is 0.306 e. The van der Waals surface area contributed by atoms with Crippen LogP contribution in [0.4, 0.5) is 27.1 Å². The summed E-state index contributed by atoms with van der Waals surface area (Å²) in [6.45, 7) is 1.43. The van der Waals surface area contributed by atoms with Gasteiger partial charge in [0.2, 0.25) is 5.82 Å². The molecule has 3 rings (SSSR count). The zero-order valence-corrected chi connectivity index (χ0v) is 14.1. The fourth-order valence-corrected chi connectivity index (χ4v) is 2.97. The summed E-state index contributed by atoms with van der Waals surface area (Å²) in [6.07, 6.45) is 1.89. The Balaban J connectivity index is 1.86. The van der Waals surface area contributed by atoms with Crippen molar-refractivity contribution in [2.24, 2.45) is 0 Å². The lowest BCUT2D eigenvalue weighted by atomic mass is 10.1. The number of carbonyl (C=O) groups is 1. The number of amides is 1. The molecule has 0 aliphatic carbocycles. The molecule has 1 saturated heterocycles. The van der Waals surface area contributed by atoms with Crippen LogP contribution in [0.15, 0.2) is 36.4 Å². The highest BCUT2D eigenvalue weighted by atomic mass is 19.1. The van der Waals surface area contributed by atoms with E-state index in [1.807, 2.05) is 4.90 Å². The van der Waals surface area contributed by atoms with Crippen molar-refractivity contribution in [2.75, 3.05) is 23.3 Å². The Morgan fingerprint density at radius 3 is 2.30 bits per heavy atom. The molecular formula is C17H15FN4O5. The molecule has 1 heterocycles. The van der Waals surface area contributed by atoms with Crippen molar-refractivity contribution in [2.45, 2.75) is 12.8 Å². The largest absolute Gasteiger partial charge is 0.366 e. The summed E-state index contributed by atoms with van der Waals surface area (Å²) in [5.74, 6) is -1.71. The van der Waals surface area contributed by atoms with Gasteiger partial charge < -0.3 is 10.2 Å². The van der Waals surface area contributed by atoms with Gasteiger partial charge in [0.05, 0.1) is 9.85 Å². The van der Waals surface area contributed by atoms with Gasteiger partial charge in [-0.15, -0.1) is 0 Å². The number of benzene rings is 2. The lowest BCUT2D eigenvalue weighted by molar-refractivity contribution is -0.387. The van der Waals surface area contributed by atoms with Crippen molar-refractivity contribution in [3.05, 3.63) is 68.0 Å². The lowest BCUT2D eigenvalue weighted by Gasteiger charge is -2.17. The second-order valence-corrected chi connectivity index (χ2v) is 6.03. The average Bonchev–Trinajstić information content (AvgIpc) is 3.17. The Kier molecular flexibility index (Phi) is 4.97. The van der Waals surface area contributed by atoms with Crippen molar-refractivity contribution in [1.29, 1.82) is 0 Å². The van der Waals surface area contributed by atoms with Crippen LogP contribution < -0.4 is 10.2 Å². The highest BCUT2D eigenvalue weighted by molar-refractivity contribution is 6.05. The molecule has 27 heavy (non-hydrogen) atoms. The highest BCUT2D eigenvalue weighted by Crippen LogP contribution is 2.32. The van der Waals surface area contributed by atoms with Gasteiger partial charge in [-0.1, -0.05) is 0 Å². The minimum absolute atomic E-state index is 0.0133. The number of rotatable bonds is 5. The first kappa shape index (κ1) is 18.2. The van der Waals surface area contributed by atoms with E-state index in [0.717, 1.165) is 25.0 Å². The number of nitrogens with one attached hydrogen (secondary N) is 1. The third kappa shape index (κ3) is 3.84. The molecule has 0 saturated carbocycles. The Bertz CT molecular complexity index is 928. The molecule has 0 bridgehead atoms. The average molecular weight is 374 g/mol. The number of anilines is 2. The van der Waals surface area contributed by atoms with E-state index in [2.05, 4.69) is 5.32 Å². The van der Waals surface area contributed by atoms with E-state index >= 15 is 0 Å². The monoisotopic (exact) mass is 374 g/mol. The molecule has 0 aromatic heterocycles. The number of nitrogens with zero attached hydrogens (tertiary/aromatic N) is 3. The van der Waals surface area contributed by atoms with Crippen LogP contribution in [-0.2, 0) is 0 Å². The van der Waals surface area contributed by atoms with Crippen LogP contribution in [0.3, 0.4) is 0 Å². The van der Waals surface area contributed by atoms with E-state index in [9.17, 15) is 29.4 Å². The molecule has 1 aliphatic rings. The third-order valence-electron chi connectivity index (χ3n) is 4.28. The summed E-state index contributed by atoms with van der Waals surface area (Å²) in [5, 5.41) is 24.6. The van der Waals surface area contributed by atoms with Gasteiger partial charge in [-0.2, -0.15) is 4.39 Å². The fourth-order valence-electron chi connectivity index (χ4n) is 2.97. The number of halogens is 1. The van der Waals surface area contributed by atoms with Gasteiger partial charge >= 0.3 is 5.69 Å². The summed E-state index contributed by atoms with van der Waals surface area (Å²) in [6, 6.07) is 7.07. The molecule has 10 heteroatoms. The Morgan fingerprint density at radius 1 is 1.00 bits per heavy atom. The summed E-state index contributed by atoms with van der Waals surface area (Å²) >= 11 is 0. The van der Waals surface area contributed by atoms with Crippen molar-refractivity contribution >= 4 is 28.7 Å². The number of hydrogen-bond donors (Lipinski definition) is 1. The molecule has 2 aromatic carbocycles. The van der Waals surface area contributed by atoms with Gasteiger partial charge in [-0.3, -0.25) is 25.0 Å². The standard InChI is InChI=1S/C17H15FN4O5/c18-13-5-4-12(10-15(13)21(24)25)19-17(23)11-3-6-14(16(9-11)22(26)27)20-7-1-2-8-20/h3-6,9-10H,1-2,7-8H2,(H,19,23). The fraction of sp³-hybridized carbons (Fsp3) is 0.235. The second kappa shape index (κ2) is 7.36. The van der Waals surface area contributed by atoms with Gasteiger partial charge in [0.1, 0.15) is 5.69 Å². The van der Waals surface area contributed by atoms with Crippen molar-refractivity contribution in [1.82, 2.24) is 0 Å². The molecule has 0 unspecified atom stereocenters. The maximum atomic E-state index is 13.4. The van der Waals surface area contributed by atoms with E-state index in [-0.39, 0.29) is 16.9 Å². The van der Waals surface area contributed by atoms with Gasteiger partial charge in [0, 0.05) is 36.5 Å². The maximum absolute atomic E-state index is 13.4. The number of nitro benzene ring substituents is 2. The van der Waals surface area contributed by atoms with Crippen LogP contribution in [0, 0.1) is 26.0 Å². The van der Waals surface area contributed by atoms with E-state index in [1.54, 1.807) is 0 Å². The molecule has 0 radical (unpaired) electrons. The Labute approximate surface area is 152 Å². The first-order valence-electron chi connectivity index (χ1n) is 8.15. The van der Waals surface area contributed by atoms with Crippen LogP contribution in [0.25, 0.3) is 0 Å². The Morgan fingerprint density at radius 2 is 1.67 bits per heavy atom. The molecule has 1 aliphatic heterocycles. The molecule has 1 amide bonds.